The second-order valence-electron chi connectivity index (χ2n) is 7.87. The summed E-state index contributed by atoms with van der Waals surface area (Å²) in [6.45, 7) is 10.9. The summed E-state index contributed by atoms with van der Waals surface area (Å²) in [6, 6.07) is 2.65. The smallest absolute Gasteiger partial charge is 0.333 e. The average molecular weight is 460 g/mol. The number of nitrogens with one attached hydrogen (secondary N) is 2. The van der Waals surface area contributed by atoms with Crippen molar-refractivity contribution in [3.63, 3.8) is 0 Å². The highest BCUT2D eigenvalue weighted by atomic mass is 35.5. The number of amides is 2. The number of aliphatic hydroxyl groups is 1. The van der Waals surface area contributed by atoms with Gasteiger partial charge in [-0.1, -0.05) is 39.3 Å². The number of aromatic nitrogens is 1. The van der Waals surface area contributed by atoms with Crippen molar-refractivity contribution < 1.29 is 18.3 Å². The second kappa shape index (κ2) is 8.59. The van der Waals surface area contributed by atoms with E-state index in [2.05, 4.69) is 10.3 Å². The Kier molecular flexibility index (Phi) is 6.99. The fraction of sp³-hybridized carbons (Fsp3) is 0.474. The van der Waals surface area contributed by atoms with Gasteiger partial charge < -0.3 is 10.4 Å². The summed E-state index contributed by atoms with van der Waals surface area (Å²) in [4.78, 5) is 16.5. The lowest BCUT2D eigenvalue weighted by Crippen LogP contribution is -2.34. The van der Waals surface area contributed by atoms with E-state index in [1.54, 1.807) is 12.1 Å². The molecular formula is C19H26ClN3O4S2. The molecule has 7 nitrogen and oxygen atoms in total. The molecule has 2 rings (SSSR count). The molecule has 1 heterocycles. The zero-order valence-electron chi connectivity index (χ0n) is 17.2. The Morgan fingerprint density at radius 1 is 1.17 bits per heavy atom. The first kappa shape index (κ1) is 23.6. The maximum absolute atomic E-state index is 12.6. The molecule has 3 N–H and O–H groups in total. The minimum Gasteiger partial charge on any atom is -0.383 e. The molecule has 0 atom stereocenters. The summed E-state index contributed by atoms with van der Waals surface area (Å²) >= 11 is 7.03. The van der Waals surface area contributed by atoms with Crippen LogP contribution in [0.1, 0.15) is 69.5 Å². The predicted octanol–water partition coefficient (Wildman–Crippen LogP) is 4.78. The molecule has 0 fully saturated rings. The van der Waals surface area contributed by atoms with Crippen LogP contribution in [0.2, 0.25) is 5.02 Å². The van der Waals surface area contributed by atoms with Crippen molar-refractivity contribution in [1.82, 2.24) is 9.71 Å². The molecule has 0 spiro atoms. The lowest BCUT2D eigenvalue weighted by atomic mass is 9.92. The number of hydrogen-bond acceptors (Lipinski definition) is 6. The summed E-state index contributed by atoms with van der Waals surface area (Å²) in [5, 5.41) is 13.4. The van der Waals surface area contributed by atoms with Crippen LogP contribution >= 0.6 is 22.9 Å². The lowest BCUT2D eigenvalue weighted by molar-refractivity contribution is 0.0783. The topological polar surface area (TPSA) is 108 Å². The highest BCUT2D eigenvalue weighted by Crippen LogP contribution is 2.35. The Hall–Kier alpha value is -1.68. The lowest BCUT2D eigenvalue weighted by Gasteiger charge is -2.21. The Morgan fingerprint density at radius 3 is 2.10 bits per heavy atom. The molecule has 0 aliphatic carbocycles. The number of carbonyl (C=O) groups excluding carboxylic acids is 1. The maximum Gasteiger partial charge on any atom is 0.333 e. The molecule has 0 unspecified atom stereocenters. The Balaban J connectivity index is 2.32. The third-order valence-electron chi connectivity index (χ3n) is 4.15. The van der Waals surface area contributed by atoms with Crippen molar-refractivity contribution in [2.24, 2.45) is 0 Å². The third-order valence-corrected chi connectivity index (χ3v) is 7.47. The van der Waals surface area contributed by atoms with Crippen molar-refractivity contribution >= 4 is 44.7 Å². The normalized spacial score (nSPS) is 12.5. The van der Waals surface area contributed by atoms with Crippen LogP contribution in [-0.4, -0.2) is 24.5 Å². The molecule has 10 heteroatoms. The maximum atomic E-state index is 12.6. The van der Waals surface area contributed by atoms with Gasteiger partial charge >= 0.3 is 6.03 Å². The quantitative estimate of drug-likeness (QED) is 0.575. The van der Waals surface area contributed by atoms with Crippen LogP contribution in [0.3, 0.4) is 0 Å². The molecule has 0 aliphatic rings. The molecule has 0 aliphatic heterocycles. The molecule has 0 bridgehead atoms. The Bertz CT molecular complexity index is 980. The number of carbonyl (C=O) groups is 1. The van der Waals surface area contributed by atoms with E-state index >= 15 is 0 Å². The highest BCUT2D eigenvalue weighted by Gasteiger charge is 2.27. The van der Waals surface area contributed by atoms with Crippen LogP contribution in [0.4, 0.5) is 10.5 Å². The van der Waals surface area contributed by atoms with Gasteiger partial charge in [0.05, 0.1) is 6.20 Å². The summed E-state index contributed by atoms with van der Waals surface area (Å²) in [6.07, 6.45) is 1.12. The number of sulfonamides is 1. The van der Waals surface area contributed by atoms with E-state index in [9.17, 15) is 18.3 Å². The number of thiazole rings is 1. The number of rotatable bonds is 6. The standard InChI is InChI=1S/C19H26ClN3O4S2/c1-10(2)13-7-12(20)8-14(11(3)4)16(13)22-18(24)23-29(26,27)15-9-21-17(28-15)19(5,6)25/h7-11,25H,1-6H3,(H2,22,23,24). The van der Waals surface area contributed by atoms with Crippen LogP contribution in [-0.2, 0) is 15.6 Å². The van der Waals surface area contributed by atoms with Crippen molar-refractivity contribution in [2.75, 3.05) is 5.32 Å². The fourth-order valence-electron chi connectivity index (χ4n) is 2.68. The summed E-state index contributed by atoms with van der Waals surface area (Å²) in [7, 11) is -4.14. The van der Waals surface area contributed by atoms with Crippen LogP contribution in [0, 0.1) is 0 Å². The zero-order chi connectivity index (χ0) is 22.1. The van der Waals surface area contributed by atoms with Gasteiger partial charge in [0.1, 0.15) is 10.6 Å². The molecule has 0 saturated heterocycles. The van der Waals surface area contributed by atoms with Crippen molar-refractivity contribution in [1.29, 1.82) is 0 Å². The van der Waals surface area contributed by atoms with Gasteiger partial charge in [-0.05, 0) is 48.9 Å². The zero-order valence-corrected chi connectivity index (χ0v) is 19.6. The Labute approximate surface area is 180 Å². The van der Waals surface area contributed by atoms with E-state index in [0.29, 0.717) is 10.7 Å². The Morgan fingerprint density at radius 2 is 1.69 bits per heavy atom. The van der Waals surface area contributed by atoms with Gasteiger partial charge in [-0.2, -0.15) is 0 Å². The van der Waals surface area contributed by atoms with E-state index in [1.807, 2.05) is 32.4 Å². The third kappa shape index (κ3) is 5.69. The SMILES string of the molecule is CC(C)c1cc(Cl)cc(C(C)C)c1NC(=O)NS(=O)(=O)c1cnc(C(C)(C)O)s1. The van der Waals surface area contributed by atoms with Crippen molar-refractivity contribution in [3.8, 4) is 0 Å². The number of nitrogens with zero attached hydrogens (tertiary/aromatic N) is 1. The highest BCUT2D eigenvalue weighted by molar-refractivity contribution is 7.92. The molecule has 0 saturated carbocycles. The van der Waals surface area contributed by atoms with E-state index < -0.39 is 21.7 Å². The fourth-order valence-corrected chi connectivity index (χ4v) is 4.96. The molecular weight excluding hydrogens is 434 g/mol. The van der Waals surface area contributed by atoms with Gasteiger partial charge in [-0.25, -0.2) is 22.9 Å². The molecule has 2 amide bonds. The first-order valence-electron chi connectivity index (χ1n) is 9.08. The molecule has 1 aromatic heterocycles. The van der Waals surface area contributed by atoms with Gasteiger partial charge in [0.25, 0.3) is 10.0 Å². The van der Waals surface area contributed by atoms with Gasteiger partial charge in [-0.15, -0.1) is 11.3 Å². The first-order chi connectivity index (χ1) is 13.2. The van der Waals surface area contributed by atoms with E-state index in [1.165, 1.54) is 13.8 Å². The van der Waals surface area contributed by atoms with Crippen molar-refractivity contribution in [3.05, 3.63) is 39.5 Å². The summed E-state index contributed by atoms with van der Waals surface area (Å²) in [5.74, 6) is 0.128. The first-order valence-corrected chi connectivity index (χ1v) is 11.8. The molecule has 0 radical (unpaired) electrons. The van der Waals surface area contributed by atoms with Crippen molar-refractivity contribution in [2.45, 2.75) is 63.2 Å². The molecule has 29 heavy (non-hydrogen) atoms. The second-order valence-corrected chi connectivity index (χ2v) is 11.2. The number of halogens is 1. The van der Waals surface area contributed by atoms with Gasteiger partial charge in [0, 0.05) is 10.7 Å². The number of hydrogen-bond donors (Lipinski definition) is 3. The number of urea groups is 1. The largest absolute Gasteiger partial charge is 0.383 e. The summed E-state index contributed by atoms with van der Waals surface area (Å²) < 4.78 is 27.0. The van der Waals surface area contributed by atoms with Crippen LogP contribution in [0.25, 0.3) is 0 Å². The minimum absolute atomic E-state index is 0.0638. The minimum atomic E-state index is -4.14. The van der Waals surface area contributed by atoms with Gasteiger partial charge in [-0.3, -0.25) is 0 Å². The number of benzene rings is 1. The molecule has 2 aromatic rings. The van der Waals surface area contributed by atoms with Gasteiger partial charge in [0.15, 0.2) is 4.21 Å². The van der Waals surface area contributed by atoms with Gasteiger partial charge in [0.2, 0.25) is 0 Å². The van der Waals surface area contributed by atoms with Crippen LogP contribution in [0.15, 0.2) is 22.5 Å². The average Bonchev–Trinajstić information content (AvgIpc) is 3.06. The summed E-state index contributed by atoms with van der Waals surface area (Å²) in [5.41, 5.74) is 0.905. The van der Waals surface area contributed by atoms with E-state index in [-0.39, 0.29) is 21.1 Å². The van der Waals surface area contributed by atoms with Crippen LogP contribution < -0.4 is 10.0 Å². The molecule has 1 aromatic carbocycles. The van der Waals surface area contributed by atoms with E-state index in [0.717, 1.165) is 28.7 Å². The van der Waals surface area contributed by atoms with E-state index in [4.69, 9.17) is 11.6 Å². The molecule has 160 valence electrons. The number of anilines is 1. The predicted molar refractivity (Wildman–Crippen MR) is 116 cm³/mol. The van der Waals surface area contributed by atoms with Crippen LogP contribution in [0.5, 0.6) is 0 Å². The monoisotopic (exact) mass is 459 g/mol.